The molecule has 9 nitrogen and oxygen atoms in total. The fourth-order valence-corrected chi connectivity index (χ4v) is 10.3. The average Bonchev–Trinajstić information content (AvgIpc) is 3.26. The molecule has 7 rings (SSSR count). The number of aryl methyl sites for hydroxylation is 1. The van der Waals surface area contributed by atoms with E-state index in [9.17, 15) is 13.2 Å². The Hall–Kier alpha value is -3.47. The molecule has 1 aromatic heterocycles. The van der Waals surface area contributed by atoms with Crippen LogP contribution in [0.5, 0.6) is 5.75 Å². The number of nitrogens with zero attached hydrogens (tertiary/aromatic N) is 3. The minimum atomic E-state index is -3.54. The summed E-state index contributed by atoms with van der Waals surface area (Å²) in [7, 11) is -0.343. The normalized spacial score (nSPS) is 25.6. The van der Waals surface area contributed by atoms with E-state index < -0.39 is 9.84 Å². The highest BCUT2D eigenvalue weighted by atomic mass is 35.5. The maximum absolute atomic E-state index is 12.9. The molecule has 49 heavy (non-hydrogen) atoms. The Morgan fingerprint density at radius 2 is 1.94 bits per heavy atom. The van der Waals surface area contributed by atoms with E-state index in [0.29, 0.717) is 30.4 Å². The third-order valence-corrected chi connectivity index (χ3v) is 13.1. The van der Waals surface area contributed by atoms with Gasteiger partial charge in [0.1, 0.15) is 5.75 Å². The van der Waals surface area contributed by atoms with Crippen LogP contribution in [0.25, 0.3) is 0 Å². The van der Waals surface area contributed by atoms with Crippen molar-refractivity contribution in [2.45, 2.75) is 68.0 Å². The third kappa shape index (κ3) is 6.84. The van der Waals surface area contributed by atoms with Crippen LogP contribution in [0.1, 0.15) is 66.4 Å². The van der Waals surface area contributed by atoms with Crippen molar-refractivity contribution in [2.24, 2.45) is 17.8 Å². The lowest BCUT2D eigenvalue weighted by Gasteiger charge is -2.47. The van der Waals surface area contributed by atoms with Crippen molar-refractivity contribution in [3.8, 4) is 5.75 Å². The van der Waals surface area contributed by atoms with Crippen molar-refractivity contribution in [3.63, 3.8) is 0 Å². The van der Waals surface area contributed by atoms with Crippen LogP contribution in [0.2, 0.25) is 5.02 Å². The van der Waals surface area contributed by atoms with Gasteiger partial charge in [-0.25, -0.2) is 23.2 Å². The summed E-state index contributed by atoms with van der Waals surface area (Å²) in [5.41, 5.74) is 5.07. The Labute approximate surface area is 293 Å². The van der Waals surface area contributed by atoms with Crippen molar-refractivity contribution < 1.29 is 27.4 Å². The molecule has 5 atom stereocenters. The Morgan fingerprint density at radius 1 is 1.10 bits per heavy atom. The molecule has 0 radical (unpaired) electrons. The maximum Gasteiger partial charge on any atom is 0.337 e. The summed E-state index contributed by atoms with van der Waals surface area (Å²) in [4.78, 5) is 23.0. The summed E-state index contributed by atoms with van der Waals surface area (Å²) >= 11 is 6.45. The van der Waals surface area contributed by atoms with Crippen LogP contribution in [-0.4, -0.2) is 70.1 Å². The summed E-state index contributed by atoms with van der Waals surface area (Å²) in [6.45, 7) is 2.13. The van der Waals surface area contributed by atoms with Crippen molar-refractivity contribution >= 4 is 33.1 Å². The minimum Gasteiger partial charge on any atom is -0.490 e. The van der Waals surface area contributed by atoms with E-state index in [2.05, 4.69) is 33.1 Å². The lowest BCUT2D eigenvalue weighted by molar-refractivity contribution is 0.00323. The number of aromatic nitrogens is 2. The predicted octanol–water partition coefficient (Wildman–Crippen LogP) is 6.63. The fraction of sp³-hybridized carbons (Fsp3) is 0.500. The first kappa shape index (κ1) is 34.0. The van der Waals surface area contributed by atoms with Crippen LogP contribution in [-0.2, 0) is 31.1 Å². The number of hydrogen-bond donors (Lipinski definition) is 0. The lowest BCUT2D eigenvalue weighted by atomic mass is 9.66. The maximum atomic E-state index is 12.9. The van der Waals surface area contributed by atoms with Gasteiger partial charge < -0.3 is 19.1 Å². The highest BCUT2D eigenvalue weighted by Gasteiger charge is 2.45. The molecule has 3 aromatic rings. The predicted molar refractivity (Wildman–Crippen MR) is 188 cm³/mol. The van der Waals surface area contributed by atoms with Gasteiger partial charge in [-0.3, -0.25) is 0 Å². The number of allylic oxidation sites excluding steroid dienone is 1. The highest BCUT2D eigenvalue weighted by Crippen LogP contribution is 2.48. The smallest absolute Gasteiger partial charge is 0.337 e. The number of carbonyl (C=O) groups excluding carboxylic acids is 1. The molecule has 1 saturated carbocycles. The number of hydrogen-bond acceptors (Lipinski definition) is 9. The van der Waals surface area contributed by atoms with E-state index in [4.69, 9.17) is 25.8 Å². The van der Waals surface area contributed by atoms with Gasteiger partial charge in [0.05, 0.1) is 36.8 Å². The average molecular weight is 706 g/mol. The molecule has 1 fully saturated rings. The van der Waals surface area contributed by atoms with Crippen LogP contribution in [0.4, 0.5) is 5.69 Å². The van der Waals surface area contributed by atoms with Crippen LogP contribution < -0.4 is 9.64 Å². The first-order valence-corrected chi connectivity index (χ1v) is 19.3. The number of ether oxygens (including phenoxy) is 3. The van der Waals surface area contributed by atoms with Gasteiger partial charge in [0.25, 0.3) is 0 Å². The molecule has 2 heterocycles. The van der Waals surface area contributed by atoms with E-state index in [1.54, 1.807) is 19.2 Å². The largest absolute Gasteiger partial charge is 0.490 e. The molecule has 1 aliphatic heterocycles. The van der Waals surface area contributed by atoms with Crippen LogP contribution in [0.3, 0.4) is 0 Å². The van der Waals surface area contributed by atoms with Gasteiger partial charge in [-0.1, -0.05) is 23.7 Å². The summed E-state index contributed by atoms with van der Waals surface area (Å²) in [5, 5.41) is 0.657. The molecule has 0 bridgehead atoms. The first-order chi connectivity index (χ1) is 23.7. The van der Waals surface area contributed by atoms with Crippen molar-refractivity contribution in [3.05, 3.63) is 88.2 Å². The Morgan fingerprint density at radius 3 is 2.65 bits per heavy atom. The molecule has 0 saturated heterocycles. The van der Waals surface area contributed by atoms with Gasteiger partial charge in [-0.05, 0) is 122 Å². The number of esters is 1. The molecule has 0 unspecified atom stereocenters. The number of sulfone groups is 1. The topological polar surface area (TPSA) is 108 Å². The number of benzene rings is 2. The quantitative estimate of drug-likeness (QED) is 0.138. The van der Waals surface area contributed by atoms with Gasteiger partial charge in [-0.15, -0.1) is 0 Å². The molecule has 11 heteroatoms. The summed E-state index contributed by atoms with van der Waals surface area (Å²) in [6, 6.07) is 13.5. The zero-order valence-electron chi connectivity index (χ0n) is 28.1. The molecule has 1 spiro atoms. The van der Waals surface area contributed by atoms with Gasteiger partial charge in [0.15, 0.2) is 0 Å². The number of rotatable bonds is 9. The second-order valence-electron chi connectivity index (χ2n) is 14.2. The number of methoxy groups -OCH3 is 2. The Balaban J connectivity index is 1.12. The second-order valence-corrected chi connectivity index (χ2v) is 16.5. The Kier molecular flexibility index (Phi) is 9.74. The van der Waals surface area contributed by atoms with Gasteiger partial charge >= 0.3 is 5.97 Å². The van der Waals surface area contributed by atoms with Crippen molar-refractivity contribution in [1.82, 2.24) is 9.97 Å². The zero-order chi connectivity index (χ0) is 34.2. The molecule has 0 amide bonds. The van der Waals surface area contributed by atoms with E-state index in [1.807, 2.05) is 18.2 Å². The summed E-state index contributed by atoms with van der Waals surface area (Å²) in [5.74, 6) is 1.19. The van der Waals surface area contributed by atoms with E-state index in [-0.39, 0.29) is 34.3 Å². The first-order valence-electron chi connectivity index (χ1n) is 17.3. The summed E-state index contributed by atoms with van der Waals surface area (Å²) < 4.78 is 43.8. The second kappa shape index (κ2) is 14.0. The van der Waals surface area contributed by atoms with Crippen LogP contribution in [0, 0.1) is 17.8 Å². The molecular weight excluding hydrogens is 662 g/mol. The monoisotopic (exact) mass is 705 g/mol. The van der Waals surface area contributed by atoms with Crippen molar-refractivity contribution in [2.75, 3.05) is 44.6 Å². The molecular formula is C38H44ClN3O6S. The Bertz CT molecular complexity index is 1840. The molecule has 0 N–H and O–H groups in total. The van der Waals surface area contributed by atoms with E-state index in [1.165, 1.54) is 36.2 Å². The van der Waals surface area contributed by atoms with Gasteiger partial charge in [0.2, 0.25) is 15.0 Å². The van der Waals surface area contributed by atoms with E-state index in [0.717, 1.165) is 74.5 Å². The number of fused-ring (bicyclic) bond motifs is 3. The lowest BCUT2D eigenvalue weighted by Crippen LogP contribution is -2.50. The summed E-state index contributed by atoms with van der Waals surface area (Å²) in [6.07, 6.45) is 12.6. The van der Waals surface area contributed by atoms with Gasteiger partial charge in [0, 0.05) is 43.0 Å². The minimum absolute atomic E-state index is 0.0225. The number of halogens is 1. The molecule has 2 aromatic carbocycles. The highest BCUT2D eigenvalue weighted by molar-refractivity contribution is 7.91. The van der Waals surface area contributed by atoms with Crippen LogP contribution in [0.15, 0.2) is 71.7 Å². The number of anilines is 1. The standard InChI is InChI=1S/C38H44ClN3O6S/c1-46-35(26-8-6-25(7-9-26)22-49(44,45)37-40-17-4-18-41-37)31-13-10-29(31)21-42-23-38(16-3-5-27-19-30(39)12-14-32(27)38)24-48-34-15-11-28(20-33(34)42)36(43)47-2/h4,8,11-12,14-15,17-20,25,29,31,35H,3,5-7,9-10,13,16,21-24H2,1-2H3/t25-,29-,31+,35-,38-/m0/s1. The molecule has 4 aliphatic rings. The third-order valence-electron chi connectivity index (χ3n) is 11.2. The molecule has 3 aliphatic carbocycles. The van der Waals surface area contributed by atoms with Crippen LogP contribution >= 0.6 is 11.6 Å². The van der Waals surface area contributed by atoms with Gasteiger partial charge in [-0.2, -0.15) is 0 Å². The zero-order valence-corrected chi connectivity index (χ0v) is 29.7. The SMILES string of the molecule is COC(=O)c1ccc2c(c1)N(C[C@@H]1CC[C@H]1[C@@H](OC)C1=CC[C@H](CS(=O)(=O)c3ncccn3)CC1)C[C@@]1(CCCc3cc(Cl)ccc31)CO2. The fourth-order valence-electron chi connectivity index (χ4n) is 8.61. The molecule has 260 valence electrons. The van der Waals surface area contributed by atoms with E-state index >= 15 is 0 Å². The number of carbonyl (C=O) groups is 1. The van der Waals surface area contributed by atoms with Crippen molar-refractivity contribution in [1.29, 1.82) is 0 Å².